The monoisotopic (exact) mass is 246 g/mol. The second-order valence-electron chi connectivity index (χ2n) is 3.83. The van der Waals surface area contributed by atoms with Crippen molar-refractivity contribution < 1.29 is 4.79 Å². The van der Waals surface area contributed by atoms with E-state index in [-0.39, 0.29) is 5.91 Å². The summed E-state index contributed by atoms with van der Waals surface area (Å²) in [7, 11) is 0. The molecule has 0 aliphatic carbocycles. The van der Waals surface area contributed by atoms with Crippen molar-refractivity contribution >= 4 is 5.91 Å². The summed E-state index contributed by atoms with van der Waals surface area (Å²) in [6.45, 7) is 7.56. The van der Waals surface area contributed by atoms with E-state index in [9.17, 15) is 4.79 Å². The number of hydrogen-bond donors (Lipinski definition) is 1. The second kappa shape index (κ2) is 7.41. The lowest BCUT2D eigenvalue weighted by molar-refractivity contribution is 0.0944. The first kappa shape index (κ1) is 14.1. The number of nitrogens with one attached hydrogen (secondary N) is 1. The van der Waals surface area contributed by atoms with Gasteiger partial charge in [-0.2, -0.15) is 5.26 Å². The zero-order valence-electron chi connectivity index (χ0n) is 10.8. The van der Waals surface area contributed by atoms with Gasteiger partial charge in [-0.25, -0.2) is 4.98 Å². The van der Waals surface area contributed by atoms with Gasteiger partial charge in [-0.3, -0.25) is 4.79 Å². The van der Waals surface area contributed by atoms with Gasteiger partial charge >= 0.3 is 0 Å². The van der Waals surface area contributed by atoms with Crippen LogP contribution in [0.5, 0.6) is 0 Å². The van der Waals surface area contributed by atoms with Crippen molar-refractivity contribution in [2.45, 2.75) is 13.8 Å². The number of carbonyl (C=O) groups is 1. The van der Waals surface area contributed by atoms with Gasteiger partial charge < -0.3 is 10.2 Å². The lowest BCUT2D eigenvalue weighted by atomic mass is 10.2. The number of nitriles is 1. The number of carbonyl (C=O) groups excluding carboxylic acids is 1. The van der Waals surface area contributed by atoms with Gasteiger partial charge in [0.1, 0.15) is 11.8 Å². The maximum Gasteiger partial charge on any atom is 0.269 e. The molecule has 0 radical (unpaired) electrons. The summed E-state index contributed by atoms with van der Waals surface area (Å²) >= 11 is 0. The van der Waals surface area contributed by atoms with Crippen molar-refractivity contribution in [3.63, 3.8) is 0 Å². The molecule has 1 rings (SSSR count). The second-order valence-corrected chi connectivity index (χ2v) is 3.83. The summed E-state index contributed by atoms with van der Waals surface area (Å²) in [4.78, 5) is 17.9. The van der Waals surface area contributed by atoms with E-state index in [4.69, 9.17) is 5.26 Å². The summed E-state index contributed by atoms with van der Waals surface area (Å²) in [5.74, 6) is -0.202. The Hall–Kier alpha value is -1.93. The number of aromatic nitrogens is 1. The molecule has 0 saturated heterocycles. The van der Waals surface area contributed by atoms with Crippen molar-refractivity contribution in [3.05, 3.63) is 29.6 Å². The molecule has 0 atom stereocenters. The molecule has 0 aliphatic heterocycles. The van der Waals surface area contributed by atoms with Crippen molar-refractivity contribution in [1.82, 2.24) is 15.2 Å². The van der Waals surface area contributed by atoms with Gasteiger partial charge in [-0.15, -0.1) is 0 Å². The van der Waals surface area contributed by atoms with Crippen molar-refractivity contribution in [2.75, 3.05) is 26.2 Å². The van der Waals surface area contributed by atoms with Gasteiger partial charge in [0.05, 0.1) is 5.56 Å². The molecule has 18 heavy (non-hydrogen) atoms. The largest absolute Gasteiger partial charge is 0.349 e. The molecule has 0 aromatic carbocycles. The van der Waals surface area contributed by atoms with E-state index in [0.717, 1.165) is 19.6 Å². The smallest absolute Gasteiger partial charge is 0.269 e. The zero-order chi connectivity index (χ0) is 13.4. The molecule has 1 aromatic rings. The standard InChI is InChI=1S/C13H18N4O/c1-3-17(4-2)8-7-15-13(18)12-6-5-11(9-14)10-16-12/h5-6,10H,3-4,7-8H2,1-2H3,(H,15,18). The average molecular weight is 246 g/mol. The van der Waals surface area contributed by atoms with Crippen LogP contribution in [0, 0.1) is 11.3 Å². The third-order valence-electron chi connectivity index (χ3n) is 2.73. The molecular formula is C13H18N4O. The van der Waals surface area contributed by atoms with Gasteiger partial charge in [-0.05, 0) is 25.2 Å². The van der Waals surface area contributed by atoms with Gasteiger partial charge in [-0.1, -0.05) is 13.8 Å². The molecule has 0 aliphatic rings. The minimum Gasteiger partial charge on any atom is -0.349 e. The predicted molar refractivity (Wildman–Crippen MR) is 69.1 cm³/mol. The van der Waals surface area contributed by atoms with E-state index in [1.54, 1.807) is 12.1 Å². The summed E-state index contributed by atoms with van der Waals surface area (Å²) in [6, 6.07) is 5.12. The van der Waals surface area contributed by atoms with E-state index in [1.807, 2.05) is 6.07 Å². The zero-order valence-corrected chi connectivity index (χ0v) is 10.8. The number of pyridine rings is 1. The Morgan fingerprint density at radius 1 is 1.44 bits per heavy atom. The van der Waals surface area contributed by atoms with Gasteiger partial charge in [0, 0.05) is 19.3 Å². The fourth-order valence-electron chi connectivity index (χ4n) is 1.55. The third kappa shape index (κ3) is 4.15. The van der Waals surface area contributed by atoms with E-state index in [1.165, 1.54) is 6.20 Å². The predicted octanol–water partition coefficient (Wildman–Crippen LogP) is 1.02. The van der Waals surface area contributed by atoms with Crippen LogP contribution in [0.3, 0.4) is 0 Å². The molecule has 1 heterocycles. The number of hydrogen-bond acceptors (Lipinski definition) is 4. The molecule has 0 bridgehead atoms. The molecule has 5 nitrogen and oxygen atoms in total. The normalized spacial score (nSPS) is 10.1. The SMILES string of the molecule is CCN(CC)CCNC(=O)c1ccc(C#N)cn1. The lowest BCUT2D eigenvalue weighted by Gasteiger charge is -2.17. The summed E-state index contributed by atoms with van der Waals surface area (Å²) in [5.41, 5.74) is 0.795. The van der Waals surface area contributed by atoms with Crippen LogP contribution in [0.1, 0.15) is 29.9 Å². The van der Waals surface area contributed by atoms with E-state index >= 15 is 0 Å². The molecule has 1 aromatic heterocycles. The summed E-state index contributed by atoms with van der Waals surface area (Å²) in [5, 5.41) is 11.4. The summed E-state index contributed by atoms with van der Waals surface area (Å²) in [6.07, 6.45) is 1.40. The highest BCUT2D eigenvalue weighted by atomic mass is 16.1. The van der Waals surface area contributed by atoms with Crippen molar-refractivity contribution in [3.8, 4) is 6.07 Å². The highest BCUT2D eigenvalue weighted by molar-refractivity contribution is 5.92. The van der Waals surface area contributed by atoms with Crippen LogP contribution in [-0.2, 0) is 0 Å². The fourth-order valence-corrected chi connectivity index (χ4v) is 1.55. The Bertz CT molecular complexity index is 418. The van der Waals surface area contributed by atoms with Gasteiger partial charge in [0.15, 0.2) is 0 Å². The molecule has 5 heteroatoms. The average Bonchev–Trinajstić information content (AvgIpc) is 2.43. The Balaban J connectivity index is 2.43. The van der Waals surface area contributed by atoms with Crippen LogP contribution in [0.15, 0.2) is 18.3 Å². The number of rotatable bonds is 6. The topological polar surface area (TPSA) is 69.0 Å². The van der Waals surface area contributed by atoms with Gasteiger partial charge in [0.2, 0.25) is 0 Å². The Labute approximate surface area is 107 Å². The Morgan fingerprint density at radius 3 is 2.67 bits per heavy atom. The van der Waals surface area contributed by atoms with E-state index < -0.39 is 0 Å². The first-order chi connectivity index (χ1) is 8.71. The Morgan fingerprint density at radius 2 is 2.17 bits per heavy atom. The highest BCUT2D eigenvalue weighted by Gasteiger charge is 2.07. The molecule has 0 unspecified atom stereocenters. The minimum absolute atomic E-state index is 0.202. The van der Waals surface area contributed by atoms with Crippen molar-refractivity contribution in [1.29, 1.82) is 5.26 Å². The molecule has 1 N–H and O–H groups in total. The molecule has 0 fully saturated rings. The molecular weight excluding hydrogens is 228 g/mol. The van der Waals surface area contributed by atoms with Crippen LogP contribution >= 0.6 is 0 Å². The van der Waals surface area contributed by atoms with Crippen molar-refractivity contribution in [2.24, 2.45) is 0 Å². The molecule has 0 saturated carbocycles. The van der Waals surface area contributed by atoms with Gasteiger partial charge in [0.25, 0.3) is 5.91 Å². The van der Waals surface area contributed by atoms with Crippen LogP contribution in [-0.4, -0.2) is 42.0 Å². The molecule has 96 valence electrons. The maximum atomic E-state index is 11.7. The number of likely N-dealkylation sites (N-methyl/N-ethyl adjacent to an activating group) is 1. The lowest BCUT2D eigenvalue weighted by Crippen LogP contribution is -2.35. The molecule has 0 spiro atoms. The number of nitrogens with zero attached hydrogens (tertiary/aromatic N) is 3. The number of amides is 1. The van der Waals surface area contributed by atoms with Crippen LogP contribution in [0.4, 0.5) is 0 Å². The molecule has 1 amide bonds. The fraction of sp³-hybridized carbons (Fsp3) is 0.462. The van der Waals surface area contributed by atoms with Crippen LogP contribution in [0.25, 0.3) is 0 Å². The van der Waals surface area contributed by atoms with Crippen LogP contribution < -0.4 is 5.32 Å². The highest BCUT2D eigenvalue weighted by Crippen LogP contribution is 1.98. The van der Waals surface area contributed by atoms with Crippen LogP contribution in [0.2, 0.25) is 0 Å². The Kier molecular flexibility index (Phi) is 5.81. The third-order valence-corrected chi connectivity index (χ3v) is 2.73. The first-order valence-corrected chi connectivity index (χ1v) is 6.08. The minimum atomic E-state index is -0.202. The van der Waals surface area contributed by atoms with E-state index in [2.05, 4.69) is 29.0 Å². The first-order valence-electron chi connectivity index (χ1n) is 6.08. The van der Waals surface area contributed by atoms with E-state index in [0.29, 0.717) is 17.8 Å². The maximum absolute atomic E-state index is 11.7. The quantitative estimate of drug-likeness (QED) is 0.813. The summed E-state index contributed by atoms with van der Waals surface area (Å²) < 4.78 is 0.